The lowest BCUT2D eigenvalue weighted by Gasteiger charge is -1.86. The van der Waals surface area contributed by atoms with Gasteiger partial charge in [0.1, 0.15) is 0 Å². The van der Waals surface area contributed by atoms with Crippen molar-refractivity contribution in [3.63, 3.8) is 0 Å². The topological polar surface area (TPSA) is 0 Å². The van der Waals surface area contributed by atoms with E-state index in [1.54, 1.807) is 22.7 Å². The molecule has 13 heavy (non-hydrogen) atoms. The van der Waals surface area contributed by atoms with Crippen LogP contribution in [0.1, 0.15) is 11.1 Å². The molecule has 1 aliphatic rings. The van der Waals surface area contributed by atoms with Gasteiger partial charge in [-0.15, -0.1) is 47.9 Å². The maximum atomic E-state index is 4.37. The molecule has 66 valence electrons. The maximum Gasteiger partial charge on any atom is 0.0577 e. The van der Waals surface area contributed by atoms with Gasteiger partial charge in [-0.2, -0.15) is 0 Å². The largest absolute Gasteiger partial charge is 0.133 e. The zero-order valence-corrected chi connectivity index (χ0v) is 9.99. The van der Waals surface area contributed by atoms with Crippen molar-refractivity contribution >= 4 is 47.9 Å². The summed E-state index contributed by atoms with van der Waals surface area (Å²) in [5, 5.41) is 0. The minimum atomic E-state index is 1.07. The second-order valence-corrected chi connectivity index (χ2v) is 6.73. The molecule has 0 amide bonds. The number of fused-ring (bicyclic) bond motifs is 3. The standard InChI is InChI=1S/C9H6S4/c10-6-2-4-1-5-3-7(11)13-9(5)8(4)12-6/h2-3,10-11H,1H2. The van der Waals surface area contributed by atoms with Crippen molar-refractivity contribution in [2.24, 2.45) is 0 Å². The monoisotopic (exact) mass is 242 g/mol. The molecule has 0 radical (unpaired) electrons. The third-order valence-corrected chi connectivity index (χ3v) is 5.11. The first-order chi connectivity index (χ1) is 6.24. The van der Waals surface area contributed by atoms with E-state index >= 15 is 0 Å². The summed E-state index contributed by atoms with van der Waals surface area (Å²) in [4.78, 5) is 2.82. The van der Waals surface area contributed by atoms with Crippen molar-refractivity contribution in [2.45, 2.75) is 14.8 Å². The molecule has 4 heteroatoms. The quantitative estimate of drug-likeness (QED) is 0.548. The highest BCUT2D eigenvalue weighted by Crippen LogP contribution is 2.48. The van der Waals surface area contributed by atoms with E-state index in [1.807, 2.05) is 0 Å². The minimum Gasteiger partial charge on any atom is -0.133 e. The molecular weight excluding hydrogens is 236 g/mol. The summed E-state index contributed by atoms with van der Waals surface area (Å²) < 4.78 is 2.23. The van der Waals surface area contributed by atoms with Gasteiger partial charge in [0.15, 0.2) is 0 Å². The Morgan fingerprint density at radius 2 is 1.38 bits per heavy atom. The Labute approximate surface area is 95.4 Å². The number of thiol groups is 2. The number of thiophene rings is 2. The molecule has 0 N–H and O–H groups in total. The van der Waals surface area contributed by atoms with Crippen LogP contribution in [-0.4, -0.2) is 0 Å². The molecule has 0 atom stereocenters. The molecule has 0 bridgehead atoms. The Kier molecular flexibility index (Phi) is 1.81. The van der Waals surface area contributed by atoms with Crippen LogP contribution in [0.3, 0.4) is 0 Å². The van der Waals surface area contributed by atoms with E-state index in [4.69, 9.17) is 0 Å². The second kappa shape index (κ2) is 2.79. The van der Waals surface area contributed by atoms with Crippen LogP contribution >= 0.6 is 47.9 Å². The van der Waals surface area contributed by atoms with Crippen molar-refractivity contribution in [1.82, 2.24) is 0 Å². The number of rotatable bonds is 0. The summed E-state index contributed by atoms with van der Waals surface area (Å²) in [6.45, 7) is 0. The van der Waals surface area contributed by atoms with Crippen molar-refractivity contribution < 1.29 is 0 Å². The van der Waals surface area contributed by atoms with E-state index in [2.05, 4.69) is 37.4 Å². The molecule has 0 saturated heterocycles. The van der Waals surface area contributed by atoms with Crippen LogP contribution in [0.4, 0.5) is 0 Å². The number of hydrogen-bond donors (Lipinski definition) is 2. The highest BCUT2D eigenvalue weighted by molar-refractivity contribution is 7.83. The van der Waals surface area contributed by atoms with E-state index in [9.17, 15) is 0 Å². The van der Waals surface area contributed by atoms with Crippen LogP contribution in [0.5, 0.6) is 0 Å². The zero-order valence-electron chi connectivity index (χ0n) is 6.57. The Morgan fingerprint density at radius 1 is 0.923 bits per heavy atom. The molecule has 0 nitrogen and oxygen atoms in total. The summed E-state index contributed by atoms with van der Waals surface area (Å²) in [5.41, 5.74) is 2.87. The third kappa shape index (κ3) is 1.20. The molecule has 2 heterocycles. The Hall–Kier alpha value is 0.1000. The first kappa shape index (κ1) is 8.41. The normalized spacial score (nSPS) is 13.1. The maximum absolute atomic E-state index is 4.37. The fourth-order valence-corrected chi connectivity index (χ4v) is 4.58. The summed E-state index contributed by atoms with van der Waals surface area (Å²) >= 11 is 12.3. The number of hydrogen-bond acceptors (Lipinski definition) is 4. The van der Waals surface area contributed by atoms with E-state index in [1.165, 1.54) is 20.9 Å². The first-order valence-electron chi connectivity index (χ1n) is 3.88. The van der Waals surface area contributed by atoms with Crippen LogP contribution < -0.4 is 0 Å². The SMILES string of the molecule is Sc1cc2c(s1)-c1sc(S)cc1C2. The molecule has 0 spiro atoms. The highest BCUT2D eigenvalue weighted by atomic mass is 32.2. The molecule has 2 aromatic rings. The predicted molar refractivity (Wildman–Crippen MR) is 64.9 cm³/mol. The van der Waals surface area contributed by atoms with Crippen LogP contribution in [-0.2, 0) is 6.42 Å². The molecule has 0 fully saturated rings. The fraction of sp³-hybridized carbons (Fsp3) is 0.111. The fourth-order valence-electron chi connectivity index (χ4n) is 1.68. The summed E-state index contributed by atoms with van der Waals surface area (Å²) in [6.07, 6.45) is 1.07. The van der Waals surface area contributed by atoms with Gasteiger partial charge >= 0.3 is 0 Å². The smallest absolute Gasteiger partial charge is 0.0577 e. The van der Waals surface area contributed by atoms with Crippen LogP contribution in [0.2, 0.25) is 0 Å². The van der Waals surface area contributed by atoms with Gasteiger partial charge in [0.25, 0.3) is 0 Å². The lowest BCUT2D eigenvalue weighted by atomic mass is 10.2. The average molecular weight is 242 g/mol. The lowest BCUT2D eigenvalue weighted by Crippen LogP contribution is -1.73. The molecule has 0 unspecified atom stereocenters. The lowest BCUT2D eigenvalue weighted by molar-refractivity contribution is 1.26. The van der Waals surface area contributed by atoms with Gasteiger partial charge in [0, 0.05) is 16.2 Å². The molecule has 0 aromatic carbocycles. The van der Waals surface area contributed by atoms with E-state index < -0.39 is 0 Å². The Bertz CT molecular complexity index is 434. The predicted octanol–water partition coefficient (Wildman–Crippen LogP) is 3.96. The van der Waals surface area contributed by atoms with E-state index in [-0.39, 0.29) is 0 Å². The van der Waals surface area contributed by atoms with Crippen LogP contribution in [0, 0.1) is 0 Å². The van der Waals surface area contributed by atoms with Crippen molar-refractivity contribution in [2.75, 3.05) is 0 Å². The van der Waals surface area contributed by atoms with Crippen LogP contribution in [0.15, 0.2) is 20.6 Å². The first-order valence-corrected chi connectivity index (χ1v) is 6.40. The van der Waals surface area contributed by atoms with Gasteiger partial charge in [0.2, 0.25) is 0 Å². The van der Waals surface area contributed by atoms with Gasteiger partial charge in [0.05, 0.1) is 8.42 Å². The highest BCUT2D eigenvalue weighted by Gasteiger charge is 2.23. The minimum absolute atomic E-state index is 1.07. The van der Waals surface area contributed by atoms with Gasteiger partial charge in [-0.1, -0.05) is 0 Å². The van der Waals surface area contributed by atoms with Crippen molar-refractivity contribution in [3.8, 4) is 9.75 Å². The molecule has 3 rings (SSSR count). The molecular formula is C9H6S4. The van der Waals surface area contributed by atoms with E-state index in [0.717, 1.165) is 14.8 Å². The van der Waals surface area contributed by atoms with E-state index in [0.29, 0.717) is 0 Å². The van der Waals surface area contributed by atoms with Gasteiger partial charge < -0.3 is 0 Å². The summed E-state index contributed by atoms with van der Waals surface area (Å²) in [7, 11) is 0. The van der Waals surface area contributed by atoms with Crippen LogP contribution in [0.25, 0.3) is 9.75 Å². The van der Waals surface area contributed by atoms with Gasteiger partial charge in [-0.3, -0.25) is 0 Å². The summed E-state index contributed by atoms with van der Waals surface area (Å²) in [6, 6.07) is 4.35. The average Bonchev–Trinajstić information content (AvgIpc) is 2.60. The van der Waals surface area contributed by atoms with Gasteiger partial charge in [-0.25, -0.2) is 0 Å². The third-order valence-electron chi connectivity index (χ3n) is 2.18. The van der Waals surface area contributed by atoms with Crippen molar-refractivity contribution in [1.29, 1.82) is 0 Å². The molecule has 2 aromatic heterocycles. The Morgan fingerprint density at radius 3 is 1.85 bits per heavy atom. The van der Waals surface area contributed by atoms with Gasteiger partial charge in [-0.05, 0) is 23.3 Å². The zero-order chi connectivity index (χ0) is 9.00. The Balaban J connectivity index is 2.28. The molecule has 0 saturated carbocycles. The van der Waals surface area contributed by atoms with Crippen molar-refractivity contribution in [3.05, 3.63) is 23.3 Å². The second-order valence-electron chi connectivity index (χ2n) is 3.05. The molecule has 1 aliphatic carbocycles. The summed E-state index contributed by atoms with van der Waals surface area (Å²) in [5.74, 6) is 0. The molecule has 0 aliphatic heterocycles.